The highest BCUT2D eigenvalue weighted by Crippen LogP contribution is 2.18. The highest BCUT2D eigenvalue weighted by molar-refractivity contribution is 5.70. The van der Waals surface area contributed by atoms with E-state index in [-0.39, 0.29) is 18.4 Å². The van der Waals surface area contributed by atoms with Gasteiger partial charge in [-0.15, -0.1) is 0 Å². The van der Waals surface area contributed by atoms with Crippen LogP contribution in [0.2, 0.25) is 0 Å². The molecule has 2 aromatic carbocycles. The number of carboxylic acids is 1. The van der Waals surface area contributed by atoms with Gasteiger partial charge in [-0.3, -0.25) is 4.79 Å². The molecular formula is C16H14F2O2. The molecule has 1 atom stereocenters. The third kappa shape index (κ3) is 3.63. The van der Waals surface area contributed by atoms with E-state index in [9.17, 15) is 18.7 Å². The number of carboxylic acid groups (broad SMARTS) is 1. The minimum Gasteiger partial charge on any atom is -0.481 e. The predicted octanol–water partition coefficient (Wildman–Crippen LogP) is 3.45. The number of hydrogen-bond donors (Lipinski definition) is 1. The first-order valence-electron chi connectivity index (χ1n) is 6.27. The SMILES string of the molecule is O=C(O)C(Cc1ccccc1)Cc1cc(F)ccc1F. The Labute approximate surface area is 115 Å². The molecule has 0 fully saturated rings. The van der Waals surface area contributed by atoms with Gasteiger partial charge in [0.25, 0.3) is 0 Å². The van der Waals surface area contributed by atoms with E-state index in [0.717, 1.165) is 23.8 Å². The second kappa shape index (κ2) is 6.28. The maximum Gasteiger partial charge on any atom is 0.307 e. The summed E-state index contributed by atoms with van der Waals surface area (Å²) in [5.41, 5.74) is 0.949. The highest BCUT2D eigenvalue weighted by Gasteiger charge is 2.20. The molecule has 0 aliphatic carbocycles. The highest BCUT2D eigenvalue weighted by atomic mass is 19.1. The summed E-state index contributed by atoms with van der Waals surface area (Å²) >= 11 is 0. The third-order valence-corrected chi connectivity index (χ3v) is 3.15. The van der Waals surface area contributed by atoms with Gasteiger partial charge < -0.3 is 5.11 Å². The van der Waals surface area contributed by atoms with Crippen LogP contribution in [-0.2, 0) is 17.6 Å². The lowest BCUT2D eigenvalue weighted by Crippen LogP contribution is -2.19. The molecule has 0 radical (unpaired) electrons. The van der Waals surface area contributed by atoms with Crippen LogP contribution in [0.25, 0.3) is 0 Å². The van der Waals surface area contributed by atoms with E-state index in [4.69, 9.17) is 0 Å². The van der Waals surface area contributed by atoms with Crippen molar-refractivity contribution in [3.8, 4) is 0 Å². The zero-order chi connectivity index (χ0) is 14.5. The van der Waals surface area contributed by atoms with Crippen LogP contribution in [0.1, 0.15) is 11.1 Å². The van der Waals surface area contributed by atoms with Crippen LogP contribution in [0.3, 0.4) is 0 Å². The standard InChI is InChI=1S/C16H14F2O2/c17-14-6-7-15(18)12(10-14)9-13(16(19)20)8-11-4-2-1-3-5-11/h1-7,10,13H,8-9H2,(H,19,20). The van der Waals surface area contributed by atoms with Gasteiger partial charge in [0.1, 0.15) is 11.6 Å². The second-order valence-electron chi connectivity index (χ2n) is 4.66. The lowest BCUT2D eigenvalue weighted by Gasteiger charge is -2.13. The fourth-order valence-electron chi connectivity index (χ4n) is 2.11. The number of benzene rings is 2. The zero-order valence-electron chi connectivity index (χ0n) is 10.7. The predicted molar refractivity (Wildman–Crippen MR) is 71.3 cm³/mol. The number of hydrogen-bond acceptors (Lipinski definition) is 1. The molecule has 4 heteroatoms. The van der Waals surface area contributed by atoms with Crippen molar-refractivity contribution in [2.75, 3.05) is 0 Å². The monoisotopic (exact) mass is 276 g/mol. The van der Waals surface area contributed by atoms with E-state index >= 15 is 0 Å². The average Bonchev–Trinajstić information content (AvgIpc) is 2.43. The summed E-state index contributed by atoms with van der Waals surface area (Å²) in [6.07, 6.45) is 0.250. The molecule has 0 spiro atoms. The topological polar surface area (TPSA) is 37.3 Å². The Hall–Kier alpha value is -2.23. The fourth-order valence-corrected chi connectivity index (χ4v) is 2.11. The molecule has 0 saturated carbocycles. The molecule has 2 aromatic rings. The van der Waals surface area contributed by atoms with Gasteiger partial charge in [-0.05, 0) is 42.2 Å². The van der Waals surface area contributed by atoms with Crippen molar-refractivity contribution in [1.82, 2.24) is 0 Å². The Morgan fingerprint density at radius 2 is 1.75 bits per heavy atom. The molecule has 2 rings (SSSR count). The van der Waals surface area contributed by atoms with Crippen molar-refractivity contribution in [1.29, 1.82) is 0 Å². The molecular weight excluding hydrogens is 262 g/mol. The summed E-state index contributed by atoms with van der Waals surface area (Å²) in [7, 11) is 0. The smallest absolute Gasteiger partial charge is 0.307 e. The maximum atomic E-state index is 13.6. The first kappa shape index (κ1) is 14.2. The number of halogens is 2. The largest absolute Gasteiger partial charge is 0.481 e. The molecule has 104 valence electrons. The van der Waals surface area contributed by atoms with Crippen molar-refractivity contribution in [2.45, 2.75) is 12.8 Å². The molecule has 0 aromatic heterocycles. The molecule has 2 nitrogen and oxygen atoms in total. The molecule has 0 saturated heterocycles. The van der Waals surface area contributed by atoms with Crippen molar-refractivity contribution in [3.05, 3.63) is 71.3 Å². The van der Waals surface area contributed by atoms with Gasteiger partial charge in [0, 0.05) is 0 Å². The molecule has 0 bridgehead atoms. The van der Waals surface area contributed by atoms with Gasteiger partial charge >= 0.3 is 5.97 Å². The summed E-state index contributed by atoms with van der Waals surface area (Å²) in [6, 6.07) is 12.2. The second-order valence-corrected chi connectivity index (χ2v) is 4.66. The fraction of sp³-hybridized carbons (Fsp3) is 0.188. The Kier molecular flexibility index (Phi) is 4.45. The Morgan fingerprint density at radius 1 is 1.05 bits per heavy atom. The van der Waals surface area contributed by atoms with E-state index in [1.54, 1.807) is 0 Å². The third-order valence-electron chi connectivity index (χ3n) is 3.15. The van der Waals surface area contributed by atoms with Crippen LogP contribution >= 0.6 is 0 Å². The van der Waals surface area contributed by atoms with Gasteiger partial charge in [0.2, 0.25) is 0 Å². The first-order valence-corrected chi connectivity index (χ1v) is 6.27. The van der Waals surface area contributed by atoms with Crippen LogP contribution in [0.4, 0.5) is 8.78 Å². The summed E-state index contributed by atoms with van der Waals surface area (Å²) in [5, 5.41) is 9.24. The quantitative estimate of drug-likeness (QED) is 0.908. The van der Waals surface area contributed by atoms with E-state index < -0.39 is 23.5 Å². The van der Waals surface area contributed by atoms with Gasteiger partial charge in [-0.1, -0.05) is 30.3 Å². The number of rotatable bonds is 5. The van der Waals surface area contributed by atoms with E-state index in [0.29, 0.717) is 0 Å². The van der Waals surface area contributed by atoms with E-state index in [2.05, 4.69) is 0 Å². The summed E-state index contributed by atoms with van der Waals surface area (Å²) in [5.74, 6) is -2.94. The van der Waals surface area contributed by atoms with Crippen molar-refractivity contribution in [2.24, 2.45) is 5.92 Å². The van der Waals surface area contributed by atoms with Crippen molar-refractivity contribution >= 4 is 5.97 Å². The van der Waals surface area contributed by atoms with Gasteiger partial charge in [-0.25, -0.2) is 8.78 Å². The molecule has 20 heavy (non-hydrogen) atoms. The van der Waals surface area contributed by atoms with Crippen LogP contribution in [0.15, 0.2) is 48.5 Å². The average molecular weight is 276 g/mol. The molecule has 0 aliphatic heterocycles. The summed E-state index contributed by atoms with van der Waals surface area (Å²) in [6.45, 7) is 0. The van der Waals surface area contributed by atoms with Crippen LogP contribution < -0.4 is 0 Å². The molecule has 0 amide bonds. The first-order chi connectivity index (χ1) is 9.56. The van der Waals surface area contributed by atoms with Gasteiger partial charge in [0.05, 0.1) is 5.92 Å². The minimum absolute atomic E-state index is 0.0339. The minimum atomic E-state index is -1.02. The Balaban J connectivity index is 2.18. The van der Waals surface area contributed by atoms with Crippen LogP contribution in [0.5, 0.6) is 0 Å². The zero-order valence-corrected chi connectivity index (χ0v) is 10.7. The Bertz CT molecular complexity index is 597. The Morgan fingerprint density at radius 3 is 2.40 bits per heavy atom. The number of aliphatic carboxylic acids is 1. The van der Waals surface area contributed by atoms with E-state index in [1.807, 2.05) is 30.3 Å². The van der Waals surface area contributed by atoms with Crippen LogP contribution in [0, 0.1) is 17.6 Å². The normalized spacial score (nSPS) is 12.1. The summed E-state index contributed by atoms with van der Waals surface area (Å²) < 4.78 is 26.7. The van der Waals surface area contributed by atoms with Crippen molar-refractivity contribution in [3.63, 3.8) is 0 Å². The van der Waals surface area contributed by atoms with Gasteiger partial charge in [0.15, 0.2) is 0 Å². The molecule has 0 heterocycles. The molecule has 1 N–H and O–H groups in total. The maximum absolute atomic E-state index is 13.6. The summed E-state index contributed by atoms with van der Waals surface area (Å²) in [4.78, 5) is 11.3. The molecule has 0 aliphatic rings. The molecule has 1 unspecified atom stereocenters. The van der Waals surface area contributed by atoms with Gasteiger partial charge in [-0.2, -0.15) is 0 Å². The lowest BCUT2D eigenvalue weighted by atomic mass is 9.92. The van der Waals surface area contributed by atoms with E-state index in [1.165, 1.54) is 0 Å². The van der Waals surface area contributed by atoms with Crippen molar-refractivity contribution < 1.29 is 18.7 Å². The number of carbonyl (C=O) groups is 1. The lowest BCUT2D eigenvalue weighted by molar-refractivity contribution is -0.141. The van der Waals surface area contributed by atoms with Crippen LogP contribution in [-0.4, -0.2) is 11.1 Å².